The van der Waals surface area contributed by atoms with Crippen LogP contribution in [0.3, 0.4) is 0 Å². The standard InChI is InChI=1S/C19H19N7OS/c27-19(13-1-2-13)22-14-3-5-15(6-4-14)28-25-11-17-20-9-10-26(17)18(12-25)23-16-7-8-21-24-16/h3-10,12-13H,1-2,11H2,(H,22,27)(H2,21,23,24)/q+1. The van der Waals surface area contributed by atoms with Gasteiger partial charge in [-0.1, -0.05) is 0 Å². The number of carbonyl (C=O) groups excluding carboxylic acids is 1. The molecule has 1 fully saturated rings. The highest BCUT2D eigenvalue weighted by Crippen LogP contribution is 2.31. The van der Waals surface area contributed by atoms with Crippen LogP contribution in [0, 0.1) is 5.92 Å². The number of H-pyrrole nitrogens is 1. The highest BCUT2D eigenvalue weighted by Gasteiger charge is 2.37. The molecule has 0 bridgehead atoms. The van der Waals surface area contributed by atoms with Crippen LogP contribution in [0.4, 0.5) is 11.5 Å². The van der Waals surface area contributed by atoms with Crippen molar-refractivity contribution in [2.24, 2.45) is 10.9 Å². The number of fused-ring (bicyclic) bond motifs is 1. The number of hydrogen-bond acceptors (Lipinski definition) is 7. The normalized spacial score (nSPS) is 18.5. The van der Waals surface area contributed by atoms with Crippen molar-refractivity contribution in [1.29, 1.82) is 0 Å². The van der Waals surface area contributed by atoms with Crippen molar-refractivity contribution in [3.05, 3.63) is 60.9 Å². The number of amides is 1. The molecule has 1 aliphatic carbocycles. The van der Waals surface area contributed by atoms with Crippen LogP contribution in [-0.2, 0) is 4.79 Å². The SMILES string of the molecule is O=C(Nc1ccc(SN2C=C(Nc3cc[nH]n3)[N+]3C=CN=C3C2)cc1)C1CC1. The minimum Gasteiger partial charge on any atom is -0.326 e. The van der Waals surface area contributed by atoms with E-state index in [1.54, 1.807) is 24.3 Å². The fourth-order valence-corrected chi connectivity index (χ4v) is 3.85. The third-order valence-electron chi connectivity index (χ3n) is 4.59. The van der Waals surface area contributed by atoms with Gasteiger partial charge in [0.25, 0.3) is 11.7 Å². The number of amidine groups is 1. The molecular formula is C19H19N7OS+. The largest absolute Gasteiger partial charge is 0.326 e. The van der Waals surface area contributed by atoms with Crippen LogP contribution in [-0.4, -0.2) is 32.8 Å². The predicted molar refractivity (Wildman–Crippen MR) is 109 cm³/mol. The Bertz CT molecular complexity index is 961. The number of nitrogens with one attached hydrogen (secondary N) is 3. The molecule has 1 radical (unpaired) electrons. The van der Waals surface area contributed by atoms with Crippen molar-refractivity contribution in [2.75, 3.05) is 17.2 Å². The number of aromatic amines is 1. The lowest BCUT2D eigenvalue weighted by Crippen LogP contribution is -2.42. The van der Waals surface area contributed by atoms with Crippen LogP contribution in [0.5, 0.6) is 0 Å². The van der Waals surface area contributed by atoms with Crippen molar-refractivity contribution in [2.45, 2.75) is 17.7 Å². The Morgan fingerprint density at radius 1 is 1.25 bits per heavy atom. The second-order valence-electron chi connectivity index (χ2n) is 6.77. The van der Waals surface area contributed by atoms with E-state index in [1.165, 1.54) is 0 Å². The molecule has 8 nitrogen and oxygen atoms in total. The van der Waals surface area contributed by atoms with Gasteiger partial charge < -0.3 is 5.32 Å². The van der Waals surface area contributed by atoms with Crippen molar-refractivity contribution < 1.29 is 4.79 Å². The van der Waals surface area contributed by atoms with E-state index in [9.17, 15) is 4.79 Å². The molecule has 1 aromatic carbocycles. The quantitative estimate of drug-likeness (QED) is 0.518. The van der Waals surface area contributed by atoms with Crippen LogP contribution in [0.2, 0.25) is 0 Å². The average Bonchev–Trinajstić information content (AvgIpc) is 3.22. The molecule has 2 aliphatic heterocycles. The van der Waals surface area contributed by atoms with Crippen LogP contribution < -0.4 is 15.5 Å². The zero-order valence-corrected chi connectivity index (χ0v) is 15.8. The summed E-state index contributed by atoms with van der Waals surface area (Å²) in [4.78, 5) is 19.4. The highest BCUT2D eigenvalue weighted by atomic mass is 32.2. The van der Waals surface area contributed by atoms with Crippen LogP contribution >= 0.6 is 11.9 Å². The van der Waals surface area contributed by atoms with Crippen LogP contribution in [0.25, 0.3) is 0 Å². The lowest BCUT2D eigenvalue weighted by Gasteiger charge is -2.24. The summed E-state index contributed by atoms with van der Waals surface area (Å²) in [5, 5.41) is 13.2. The lowest BCUT2D eigenvalue weighted by molar-refractivity contribution is -0.117. The van der Waals surface area contributed by atoms with Gasteiger partial charge in [0.05, 0.1) is 12.4 Å². The second-order valence-corrected chi connectivity index (χ2v) is 7.89. The Morgan fingerprint density at radius 3 is 2.86 bits per heavy atom. The minimum absolute atomic E-state index is 0.125. The number of benzene rings is 1. The summed E-state index contributed by atoms with van der Waals surface area (Å²) >= 11 is 1.62. The van der Waals surface area contributed by atoms with Gasteiger partial charge in [-0.3, -0.25) is 19.5 Å². The molecule has 0 atom stereocenters. The summed E-state index contributed by atoms with van der Waals surface area (Å²) in [6, 6.07) is 9.80. The van der Waals surface area contributed by atoms with E-state index in [-0.39, 0.29) is 11.8 Å². The summed E-state index contributed by atoms with van der Waals surface area (Å²) in [6.07, 6.45) is 9.55. The van der Waals surface area contributed by atoms with E-state index >= 15 is 0 Å². The first-order valence-corrected chi connectivity index (χ1v) is 9.89. The third kappa shape index (κ3) is 3.67. The Kier molecular flexibility index (Phi) is 4.38. The molecule has 3 heterocycles. The number of aromatic nitrogens is 2. The smallest absolute Gasteiger partial charge is 0.285 e. The van der Waals surface area contributed by atoms with Gasteiger partial charge in [0, 0.05) is 28.8 Å². The summed E-state index contributed by atoms with van der Waals surface area (Å²) in [5.41, 5.74) is 0.840. The van der Waals surface area contributed by atoms with Gasteiger partial charge in [0.2, 0.25) is 5.91 Å². The van der Waals surface area contributed by atoms with E-state index in [1.807, 2.05) is 47.6 Å². The van der Waals surface area contributed by atoms with E-state index in [0.717, 1.165) is 40.9 Å². The Balaban J connectivity index is 1.28. The summed E-state index contributed by atoms with van der Waals surface area (Å²) < 4.78 is 2.12. The number of carbonyl (C=O) groups is 1. The van der Waals surface area contributed by atoms with Gasteiger partial charge in [-0.15, -0.1) is 0 Å². The fourth-order valence-electron chi connectivity index (χ4n) is 2.99. The Labute approximate surface area is 166 Å². The molecule has 0 spiro atoms. The summed E-state index contributed by atoms with van der Waals surface area (Å²) in [5.74, 6) is 2.90. The molecule has 0 unspecified atom stereocenters. The van der Waals surface area contributed by atoms with Gasteiger partial charge in [-0.25, -0.2) is 0 Å². The first kappa shape index (κ1) is 17.1. The average molecular weight is 393 g/mol. The molecule has 141 valence electrons. The third-order valence-corrected chi connectivity index (χ3v) is 5.54. The Morgan fingerprint density at radius 2 is 2.11 bits per heavy atom. The molecular weight excluding hydrogens is 374 g/mol. The molecule has 3 N–H and O–H groups in total. The number of hydrogen-bond donors (Lipinski definition) is 3. The summed E-state index contributed by atoms with van der Waals surface area (Å²) in [7, 11) is 0. The number of rotatable bonds is 6. The maximum Gasteiger partial charge on any atom is 0.285 e. The Hall–Kier alpha value is -3.04. The van der Waals surface area contributed by atoms with Crippen LogP contribution in [0.1, 0.15) is 12.8 Å². The van der Waals surface area contributed by atoms with Gasteiger partial charge in [-0.05, 0) is 54.0 Å². The predicted octanol–water partition coefficient (Wildman–Crippen LogP) is 3.02. The van der Waals surface area contributed by atoms with E-state index in [0.29, 0.717) is 6.54 Å². The minimum atomic E-state index is 0.125. The molecule has 0 saturated heterocycles. The molecule has 1 aromatic heterocycles. The van der Waals surface area contributed by atoms with Gasteiger partial charge in [0.15, 0.2) is 12.0 Å². The molecule has 1 amide bonds. The van der Waals surface area contributed by atoms with E-state index < -0.39 is 0 Å². The zero-order chi connectivity index (χ0) is 18.9. The molecule has 2 aromatic rings. The zero-order valence-electron chi connectivity index (χ0n) is 15.0. The first-order chi connectivity index (χ1) is 13.7. The highest BCUT2D eigenvalue weighted by molar-refractivity contribution is 7.97. The van der Waals surface area contributed by atoms with Crippen molar-refractivity contribution in [1.82, 2.24) is 19.4 Å². The van der Waals surface area contributed by atoms with Crippen LogP contribution in [0.15, 0.2) is 70.8 Å². The van der Waals surface area contributed by atoms with Crippen molar-refractivity contribution in [3.63, 3.8) is 0 Å². The summed E-state index contributed by atoms with van der Waals surface area (Å²) in [6.45, 7) is 0.684. The number of nitrogens with zero attached hydrogens (tertiary/aromatic N) is 4. The first-order valence-electron chi connectivity index (χ1n) is 9.11. The monoisotopic (exact) mass is 393 g/mol. The maximum atomic E-state index is 11.9. The topological polar surface area (TPSA) is 91.3 Å². The van der Waals surface area contributed by atoms with E-state index in [4.69, 9.17) is 0 Å². The molecule has 3 aliphatic rings. The molecule has 9 heteroatoms. The second kappa shape index (κ2) is 7.17. The lowest BCUT2D eigenvalue weighted by atomic mass is 10.3. The molecule has 28 heavy (non-hydrogen) atoms. The van der Waals surface area contributed by atoms with Crippen molar-refractivity contribution in [3.8, 4) is 0 Å². The maximum absolute atomic E-state index is 11.9. The molecule has 5 rings (SSSR count). The van der Waals surface area contributed by atoms with E-state index in [2.05, 4.69) is 30.1 Å². The molecule has 1 saturated carbocycles. The number of anilines is 2. The van der Waals surface area contributed by atoms with Gasteiger partial charge in [-0.2, -0.15) is 10.1 Å². The fraction of sp³-hybridized carbons (Fsp3) is 0.211. The van der Waals surface area contributed by atoms with Gasteiger partial charge >= 0.3 is 0 Å². The van der Waals surface area contributed by atoms with Gasteiger partial charge in [0.1, 0.15) is 6.54 Å². The number of aliphatic imine (C=N–C) groups is 1. The van der Waals surface area contributed by atoms with Crippen molar-refractivity contribution >= 4 is 35.2 Å².